The number of aromatic nitrogens is 2. The zero-order chi connectivity index (χ0) is 20.3. The van der Waals surface area contributed by atoms with Crippen LogP contribution >= 0.6 is 0 Å². The predicted octanol–water partition coefficient (Wildman–Crippen LogP) is 4.45. The number of benzene rings is 1. The molecule has 0 amide bonds. The molecule has 0 aliphatic rings. The molecule has 0 unspecified atom stereocenters. The van der Waals surface area contributed by atoms with Crippen molar-refractivity contribution >= 4 is 26.6 Å². The second kappa shape index (κ2) is 7.82. The maximum absolute atomic E-state index is 12.5. The number of methoxy groups -OCH3 is 1. The zero-order valence-electron chi connectivity index (χ0n) is 15.9. The van der Waals surface area contributed by atoms with Gasteiger partial charge in [-0.3, -0.25) is 9.71 Å². The first-order valence-electron chi connectivity index (χ1n) is 8.57. The number of ether oxygens (including phenoxy) is 1. The van der Waals surface area contributed by atoms with E-state index in [2.05, 4.69) is 21.3 Å². The molecule has 0 fully saturated rings. The van der Waals surface area contributed by atoms with Crippen LogP contribution in [0.4, 0.5) is 5.69 Å². The Bertz CT molecular complexity index is 1180. The van der Waals surface area contributed by atoms with Crippen LogP contribution in [0.25, 0.3) is 22.0 Å². The minimum Gasteiger partial charge on any atom is -0.480 e. The number of sulfonamides is 1. The second-order valence-electron chi connectivity index (χ2n) is 6.26. The van der Waals surface area contributed by atoms with Gasteiger partial charge in [-0.15, -0.1) is 0 Å². The van der Waals surface area contributed by atoms with Crippen molar-refractivity contribution in [3.63, 3.8) is 0 Å². The van der Waals surface area contributed by atoms with E-state index in [0.717, 1.165) is 27.6 Å². The molecule has 144 valence electrons. The highest BCUT2D eigenvalue weighted by Gasteiger charge is 2.17. The molecule has 1 N–H and O–H groups in total. The molecule has 7 heteroatoms. The van der Waals surface area contributed by atoms with Crippen molar-refractivity contribution in [3.8, 4) is 17.0 Å². The van der Waals surface area contributed by atoms with Gasteiger partial charge in [-0.2, -0.15) is 0 Å². The third kappa shape index (κ3) is 3.89. The summed E-state index contributed by atoms with van der Waals surface area (Å²) in [6.07, 6.45) is 6.27. The maximum atomic E-state index is 12.5. The summed E-state index contributed by atoms with van der Waals surface area (Å²) in [6, 6.07) is 9.54. The molecule has 28 heavy (non-hydrogen) atoms. The summed E-state index contributed by atoms with van der Waals surface area (Å²) in [5.41, 5.74) is 3.93. The molecule has 3 rings (SSSR count). The summed E-state index contributed by atoms with van der Waals surface area (Å²) >= 11 is 0. The number of pyridine rings is 2. The van der Waals surface area contributed by atoms with Gasteiger partial charge in [-0.1, -0.05) is 18.7 Å². The number of hydrogen-bond acceptors (Lipinski definition) is 5. The first-order valence-corrected chi connectivity index (χ1v) is 10.1. The molecule has 6 nitrogen and oxygen atoms in total. The van der Waals surface area contributed by atoms with Gasteiger partial charge in [0, 0.05) is 23.3 Å². The number of anilines is 1. The fourth-order valence-corrected chi connectivity index (χ4v) is 3.66. The molecule has 2 aromatic heterocycles. The normalized spacial score (nSPS) is 12.0. The summed E-state index contributed by atoms with van der Waals surface area (Å²) in [4.78, 5) is 8.77. The van der Waals surface area contributed by atoms with Gasteiger partial charge in [0.2, 0.25) is 5.88 Å². The quantitative estimate of drug-likeness (QED) is 0.624. The van der Waals surface area contributed by atoms with Crippen LogP contribution in [-0.2, 0) is 10.0 Å². The smallest absolute Gasteiger partial charge is 0.257 e. The molecule has 0 radical (unpaired) electrons. The van der Waals surface area contributed by atoms with Gasteiger partial charge in [0.05, 0.1) is 17.5 Å². The lowest BCUT2D eigenvalue weighted by Gasteiger charge is -2.13. The van der Waals surface area contributed by atoms with Crippen molar-refractivity contribution in [3.05, 3.63) is 71.9 Å². The molecule has 0 aliphatic carbocycles. The Morgan fingerprint density at radius 3 is 2.68 bits per heavy atom. The van der Waals surface area contributed by atoms with E-state index < -0.39 is 10.0 Å². The van der Waals surface area contributed by atoms with Crippen LogP contribution in [0.5, 0.6) is 5.88 Å². The highest BCUT2D eigenvalue weighted by atomic mass is 32.2. The largest absolute Gasteiger partial charge is 0.480 e. The van der Waals surface area contributed by atoms with Gasteiger partial charge < -0.3 is 4.74 Å². The van der Waals surface area contributed by atoms with Crippen LogP contribution in [0.15, 0.2) is 66.4 Å². The number of nitrogens with zero attached hydrogens (tertiary/aromatic N) is 2. The molecule has 0 saturated heterocycles. The van der Waals surface area contributed by atoms with Gasteiger partial charge in [-0.05, 0) is 55.3 Å². The Labute approximate surface area is 164 Å². The highest BCUT2D eigenvalue weighted by molar-refractivity contribution is 7.96. The Hall–Kier alpha value is -3.19. The second-order valence-corrected chi connectivity index (χ2v) is 8.11. The number of nitrogens with one attached hydrogen (secondary N) is 1. The molecule has 0 aliphatic heterocycles. The topological polar surface area (TPSA) is 81.2 Å². The van der Waals surface area contributed by atoms with Crippen molar-refractivity contribution in [2.75, 3.05) is 11.8 Å². The molecule has 2 heterocycles. The third-order valence-corrected chi connectivity index (χ3v) is 5.83. The molecule has 0 bridgehead atoms. The molecule has 0 spiro atoms. The number of rotatable bonds is 6. The van der Waals surface area contributed by atoms with Crippen molar-refractivity contribution in [2.24, 2.45) is 0 Å². The van der Waals surface area contributed by atoms with Crippen LogP contribution in [-0.4, -0.2) is 25.5 Å². The van der Waals surface area contributed by atoms with Crippen LogP contribution < -0.4 is 9.46 Å². The summed E-state index contributed by atoms with van der Waals surface area (Å²) in [7, 11) is -2.30. The van der Waals surface area contributed by atoms with Crippen molar-refractivity contribution in [2.45, 2.75) is 13.8 Å². The van der Waals surface area contributed by atoms with E-state index in [1.807, 2.05) is 31.2 Å². The van der Waals surface area contributed by atoms with Gasteiger partial charge >= 0.3 is 0 Å². The first kappa shape index (κ1) is 19.6. The van der Waals surface area contributed by atoms with E-state index in [1.54, 1.807) is 18.5 Å². The summed E-state index contributed by atoms with van der Waals surface area (Å²) in [5.74, 6) is 0.192. The number of aryl methyl sites for hydroxylation is 1. The number of fused-ring (bicyclic) bond motifs is 1. The molecule has 3 aromatic rings. The van der Waals surface area contributed by atoms with Crippen LogP contribution in [0.2, 0.25) is 0 Å². The lowest BCUT2D eigenvalue weighted by Crippen LogP contribution is -2.14. The van der Waals surface area contributed by atoms with E-state index in [4.69, 9.17) is 4.74 Å². The van der Waals surface area contributed by atoms with Crippen LogP contribution in [0.1, 0.15) is 12.5 Å². The van der Waals surface area contributed by atoms with Crippen molar-refractivity contribution in [1.29, 1.82) is 0 Å². The van der Waals surface area contributed by atoms with Gasteiger partial charge in [-0.25, -0.2) is 13.4 Å². The van der Waals surface area contributed by atoms with E-state index >= 15 is 0 Å². The summed E-state index contributed by atoms with van der Waals surface area (Å²) < 4.78 is 32.8. The van der Waals surface area contributed by atoms with Gasteiger partial charge in [0.15, 0.2) is 0 Å². The zero-order valence-corrected chi connectivity index (χ0v) is 16.7. The average Bonchev–Trinajstić information content (AvgIpc) is 2.68. The minimum absolute atomic E-state index is 0.141. The average molecular weight is 395 g/mol. The maximum Gasteiger partial charge on any atom is 0.257 e. The Kier molecular flexibility index (Phi) is 5.46. The van der Waals surface area contributed by atoms with E-state index in [9.17, 15) is 8.42 Å². The van der Waals surface area contributed by atoms with Gasteiger partial charge in [0.25, 0.3) is 10.0 Å². The fourth-order valence-electron chi connectivity index (χ4n) is 2.79. The van der Waals surface area contributed by atoms with Crippen molar-refractivity contribution < 1.29 is 13.2 Å². The SMILES string of the molecule is C=C/C=C(\C)S(=O)(=O)Nc1cc(-c2ccc3nccc(C)c3c2)cnc1OC. The number of hydrogen-bond donors (Lipinski definition) is 1. The molecule has 1 aromatic carbocycles. The van der Waals surface area contributed by atoms with E-state index in [1.165, 1.54) is 26.2 Å². The Balaban J connectivity index is 2.08. The third-order valence-electron chi connectivity index (χ3n) is 4.36. The highest BCUT2D eigenvalue weighted by Crippen LogP contribution is 2.31. The predicted molar refractivity (Wildman–Crippen MR) is 113 cm³/mol. The standard InChI is InChI=1S/C21H21N3O3S/c1-5-6-15(3)28(25,26)24-20-12-17(13-23-21(20)27-4)16-7-8-19-18(11-16)14(2)9-10-22-19/h5-13,24H,1H2,2-4H3/b15-6+. The lowest BCUT2D eigenvalue weighted by atomic mass is 10.0. The number of allylic oxidation sites excluding steroid dienone is 3. The summed E-state index contributed by atoms with van der Waals surface area (Å²) in [6.45, 7) is 7.04. The Morgan fingerprint density at radius 1 is 1.18 bits per heavy atom. The lowest BCUT2D eigenvalue weighted by molar-refractivity contribution is 0.400. The molecular weight excluding hydrogens is 374 g/mol. The van der Waals surface area contributed by atoms with Crippen LogP contribution in [0, 0.1) is 6.92 Å². The van der Waals surface area contributed by atoms with Gasteiger partial charge in [0.1, 0.15) is 5.69 Å². The fraction of sp³-hybridized carbons (Fsp3) is 0.143. The van der Waals surface area contributed by atoms with E-state index in [0.29, 0.717) is 0 Å². The minimum atomic E-state index is -3.74. The Morgan fingerprint density at radius 2 is 1.96 bits per heavy atom. The molecule has 0 saturated carbocycles. The first-order chi connectivity index (χ1) is 13.4. The monoisotopic (exact) mass is 395 g/mol. The summed E-state index contributed by atoms with van der Waals surface area (Å²) in [5, 5.41) is 1.03. The molecule has 0 atom stereocenters. The van der Waals surface area contributed by atoms with Crippen molar-refractivity contribution in [1.82, 2.24) is 9.97 Å². The van der Waals surface area contributed by atoms with E-state index in [-0.39, 0.29) is 16.5 Å². The van der Waals surface area contributed by atoms with Crippen LogP contribution in [0.3, 0.4) is 0 Å². The molecular formula is C21H21N3O3S.